The predicted molar refractivity (Wildman–Crippen MR) is 63.0 cm³/mol. The fourth-order valence-corrected chi connectivity index (χ4v) is 1.06. The van der Waals surface area contributed by atoms with Gasteiger partial charge in [-0.3, -0.25) is 0 Å². The first-order valence-corrected chi connectivity index (χ1v) is 5.80. The van der Waals surface area contributed by atoms with Crippen LogP contribution in [0.1, 0.15) is 53.4 Å². The third-order valence-corrected chi connectivity index (χ3v) is 2.50. The molecule has 0 aliphatic carbocycles. The van der Waals surface area contributed by atoms with Gasteiger partial charge in [-0.15, -0.1) is 0 Å². The van der Waals surface area contributed by atoms with Gasteiger partial charge in [-0.1, -0.05) is 26.2 Å². The van der Waals surface area contributed by atoms with Crippen LogP contribution in [0.2, 0.25) is 0 Å². The molecule has 0 heterocycles. The minimum absolute atomic E-state index is 0.166. The third kappa shape index (κ3) is 6.37. The molecule has 0 radical (unpaired) electrons. The zero-order valence-electron chi connectivity index (χ0n) is 10.8. The van der Waals surface area contributed by atoms with E-state index in [9.17, 15) is 4.79 Å². The maximum Gasteiger partial charge on any atom is 0.409 e. The number of hydrogen-bond donors (Lipinski definition) is 0. The lowest BCUT2D eigenvalue weighted by Crippen LogP contribution is -2.42. The van der Waals surface area contributed by atoms with Gasteiger partial charge < -0.3 is 9.64 Å². The van der Waals surface area contributed by atoms with Gasteiger partial charge in [0.2, 0.25) is 0 Å². The molecule has 0 spiro atoms. The van der Waals surface area contributed by atoms with E-state index in [1.54, 1.807) is 11.9 Å². The topological polar surface area (TPSA) is 29.5 Å². The molecule has 0 aromatic carbocycles. The highest BCUT2D eigenvalue weighted by atomic mass is 16.6. The highest BCUT2D eigenvalue weighted by Crippen LogP contribution is 2.11. The van der Waals surface area contributed by atoms with Gasteiger partial charge in [0.1, 0.15) is 0 Å². The van der Waals surface area contributed by atoms with E-state index in [0.29, 0.717) is 6.61 Å². The summed E-state index contributed by atoms with van der Waals surface area (Å²) in [6, 6.07) is 0. The van der Waals surface area contributed by atoms with Gasteiger partial charge >= 0.3 is 6.09 Å². The lowest BCUT2D eigenvalue weighted by atomic mass is 10.1. The Hall–Kier alpha value is -0.730. The van der Waals surface area contributed by atoms with Gasteiger partial charge in [0.25, 0.3) is 0 Å². The monoisotopic (exact) mass is 215 g/mol. The molecule has 3 heteroatoms. The molecule has 0 aromatic rings. The summed E-state index contributed by atoms with van der Waals surface area (Å²) in [5.74, 6) is 0. The van der Waals surface area contributed by atoms with Gasteiger partial charge in [0.05, 0.1) is 6.61 Å². The van der Waals surface area contributed by atoms with E-state index in [2.05, 4.69) is 6.92 Å². The largest absolute Gasteiger partial charge is 0.449 e. The van der Waals surface area contributed by atoms with E-state index in [0.717, 1.165) is 12.8 Å². The van der Waals surface area contributed by atoms with E-state index in [-0.39, 0.29) is 11.6 Å². The van der Waals surface area contributed by atoms with Crippen molar-refractivity contribution in [3.8, 4) is 0 Å². The molecule has 0 saturated carbocycles. The van der Waals surface area contributed by atoms with Crippen molar-refractivity contribution in [2.24, 2.45) is 0 Å². The van der Waals surface area contributed by atoms with Crippen LogP contribution in [0, 0.1) is 0 Å². The SMILES string of the molecule is CCCCCCOC(=O)N(C)C(C)(C)C. The number of amides is 1. The van der Waals surface area contributed by atoms with Gasteiger partial charge in [0, 0.05) is 12.6 Å². The second-order valence-electron chi connectivity index (χ2n) is 4.90. The second kappa shape index (κ2) is 6.70. The minimum atomic E-state index is -0.223. The summed E-state index contributed by atoms with van der Waals surface area (Å²) >= 11 is 0. The normalized spacial score (nSPS) is 11.3. The molecule has 0 aliphatic rings. The van der Waals surface area contributed by atoms with E-state index in [1.807, 2.05) is 20.8 Å². The molecule has 0 aliphatic heterocycles. The highest BCUT2D eigenvalue weighted by molar-refractivity contribution is 5.68. The Bertz CT molecular complexity index is 185. The first-order chi connectivity index (χ1) is 6.89. The lowest BCUT2D eigenvalue weighted by Gasteiger charge is -2.30. The predicted octanol–water partition coefficient (Wildman–Crippen LogP) is 3.43. The number of rotatable bonds is 5. The maximum atomic E-state index is 11.5. The summed E-state index contributed by atoms with van der Waals surface area (Å²) in [7, 11) is 1.77. The molecule has 0 aromatic heterocycles. The molecule has 1 amide bonds. The lowest BCUT2D eigenvalue weighted by molar-refractivity contribution is 0.0799. The Balaban J connectivity index is 3.66. The molecule has 15 heavy (non-hydrogen) atoms. The second-order valence-corrected chi connectivity index (χ2v) is 4.90. The smallest absolute Gasteiger partial charge is 0.409 e. The summed E-state index contributed by atoms with van der Waals surface area (Å²) in [5, 5.41) is 0. The average Bonchev–Trinajstić information content (AvgIpc) is 2.14. The quantitative estimate of drug-likeness (QED) is 0.657. The molecule has 0 atom stereocenters. The van der Waals surface area contributed by atoms with Crippen LogP contribution in [0.4, 0.5) is 4.79 Å². The molecular formula is C12H25NO2. The van der Waals surface area contributed by atoms with Crippen molar-refractivity contribution in [1.82, 2.24) is 4.90 Å². The van der Waals surface area contributed by atoms with Crippen molar-refractivity contribution in [3.63, 3.8) is 0 Å². The number of carbonyl (C=O) groups is 1. The minimum Gasteiger partial charge on any atom is -0.449 e. The fraction of sp³-hybridized carbons (Fsp3) is 0.917. The molecule has 3 nitrogen and oxygen atoms in total. The highest BCUT2D eigenvalue weighted by Gasteiger charge is 2.23. The molecule has 90 valence electrons. The summed E-state index contributed by atoms with van der Waals surface area (Å²) in [4.78, 5) is 13.2. The Morgan fingerprint density at radius 3 is 2.27 bits per heavy atom. The van der Waals surface area contributed by atoms with E-state index in [1.165, 1.54) is 12.8 Å². The van der Waals surface area contributed by atoms with Crippen molar-refractivity contribution in [1.29, 1.82) is 0 Å². The number of nitrogens with zero attached hydrogens (tertiary/aromatic N) is 1. The van der Waals surface area contributed by atoms with Crippen molar-refractivity contribution in [3.05, 3.63) is 0 Å². The van der Waals surface area contributed by atoms with Gasteiger partial charge in [-0.25, -0.2) is 4.79 Å². The van der Waals surface area contributed by atoms with Crippen LogP contribution in [0.3, 0.4) is 0 Å². The van der Waals surface area contributed by atoms with E-state index in [4.69, 9.17) is 4.74 Å². The zero-order chi connectivity index (χ0) is 11.9. The number of hydrogen-bond acceptors (Lipinski definition) is 2. The Morgan fingerprint density at radius 1 is 1.20 bits per heavy atom. The maximum absolute atomic E-state index is 11.5. The third-order valence-electron chi connectivity index (χ3n) is 2.50. The average molecular weight is 215 g/mol. The van der Waals surface area contributed by atoms with Crippen LogP contribution < -0.4 is 0 Å². The molecule has 0 rings (SSSR count). The van der Waals surface area contributed by atoms with Crippen LogP contribution in [0.5, 0.6) is 0 Å². The molecular weight excluding hydrogens is 190 g/mol. The first-order valence-electron chi connectivity index (χ1n) is 5.80. The first kappa shape index (κ1) is 14.3. The molecule has 0 bridgehead atoms. The van der Waals surface area contributed by atoms with E-state index >= 15 is 0 Å². The van der Waals surface area contributed by atoms with Crippen molar-refractivity contribution >= 4 is 6.09 Å². The van der Waals surface area contributed by atoms with Gasteiger partial charge in [-0.05, 0) is 27.2 Å². The molecule has 0 N–H and O–H groups in total. The Kier molecular flexibility index (Phi) is 6.37. The van der Waals surface area contributed by atoms with Crippen LogP contribution in [-0.2, 0) is 4.74 Å². The molecule has 0 fully saturated rings. The zero-order valence-corrected chi connectivity index (χ0v) is 10.8. The number of ether oxygens (including phenoxy) is 1. The standard InChI is InChI=1S/C12H25NO2/c1-6-7-8-9-10-15-11(14)13(5)12(2,3)4/h6-10H2,1-5H3. The summed E-state index contributed by atoms with van der Waals surface area (Å²) < 4.78 is 5.16. The Morgan fingerprint density at radius 2 is 1.80 bits per heavy atom. The molecule has 0 unspecified atom stereocenters. The van der Waals surface area contributed by atoms with Gasteiger partial charge in [0.15, 0.2) is 0 Å². The van der Waals surface area contributed by atoms with Crippen molar-refractivity contribution in [2.75, 3.05) is 13.7 Å². The summed E-state index contributed by atoms with van der Waals surface area (Å²) in [5.41, 5.74) is -0.166. The fourth-order valence-electron chi connectivity index (χ4n) is 1.06. The van der Waals surface area contributed by atoms with Crippen LogP contribution >= 0.6 is 0 Å². The summed E-state index contributed by atoms with van der Waals surface area (Å²) in [6.45, 7) is 8.68. The number of unbranched alkanes of at least 4 members (excludes halogenated alkanes) is 3. The van der Waals surface area contributed by atoms with Gasteiger partial charge in [-0.2, -0.15) is 0 Å². The molecule has 0 saturated heterocycles. The van der Waals surface area contributed by atoms with Crippen LogP contribution in [0.25, 0.3) is 0 Å². The van der Waals surface area contributed by atoms with E-state index < -0.39 is 0 Å². The Labute approximate surface area is 93.8 Å². The van der Waals surface area contributed by atoms with Crippen molar-refractivity contribution < 1.29 is 9.53 Å². The van der Waals surface area contributed by atoms with Crippen LogP contribution in [0.15, 0.2) is 0 Å². The number of carbonyl (C=O) groups excluding carboxylic acids is 1. The summed E-state index contributed by atoms with van der Waals surface area (Å²) in [6.07, 6.45) is 4.31. The van der Waals surface area contributed by atoms with Crippen molar-refractivity contribution in [2.45, 2.75) is 58.9 Å². The van der Waals surface area contributed by atoms with Crippen LogP contribution in [-0.4, -0.2) is 30.2 Å².